The van der Waals surface area contributed by atoms with Crippen LogP contribution in [0.2, 0.25) is 16.6 Å². The van der Waals surface area contributed by atoms with E-state index in [1.807, 2.05) is 18.3 Å². The summed E-state index contributed by atoms with van der Waals surface area (Å²) >= 11 is 0. The quantitative estimate of drug-likeness (QED) is 0.200. The van der Waals surface area contributed by atoms with Crippen molar-refractivity contribution in [2.75, 3.05) is 0 Å². The Kier molecular flexibility index (Phi) is 8.55. The van der Waals surface area contributed by atoms with Crippen LogP contribution in [0.25, 0.3) is 11.0 Å². The van der Waals surface area contributed by atoms with Gasteiger partial charge in [0.15, 0.2) is 18.1 Å². The summed E-state index contributed by atoms with van der Waals surface area (Å²) in [5.74, 6) is -0.483. The molecule has 0 fully saturated rings. The van der Waals surface area contributed by atoms with Crippen molar-refractivity contribution in [3.05, 3.63) is 89.5 Å². The number of nitrogens with zero attached hydrogens (tertiary/aromatic N) is 3. The predicted molar refractivity (Wildman–Crippen MR) is 157 cm³/mol. The van der Waals surface area contributed by atoms with E-state index in [-0.39, 0.29) is 10.6 Å². The summed E-state index contributed by atoms with van der Waals surface area (Å²) < 4.78 is 66.6. The number of aliphatic hydroxyl groups excluding tert-OH is 1. The summed E-state index contributed by atoms with van der Waals surface area (Å²) in [5, 5.41) is 12.4. The molecule has 0 amide bonds. The summed E-state index contributed by atoms with van der Waals surface area (Å²) in [7, 11) is -6.10. The lowest BCUT2D eigenvalue weighted by Gasteiger charge is -2.44. The Hall–Kier alpha value is -3.02. The molecule has 1 unspecified atom stereocenters. The predicted octanol–water partition coefficient (Wildman–Crippen LogP) is 7.53. The van der Waals surface area contributed by atoms with Gasteiger partial charge in [-0.05, 0) is 59.1 Å². The van der Waals surface area contributed by atoms with Crippen LogP contribution >= 0.6 is 0 Å². The smallest absolute Gasteiger partial charge is 0.384 e. The molecule has 1 atom stereocenters. The van der Waals surface area contributed by atoms with E-state index >= 15 is 0 Å². The average molecular weight is 604 g/mol. The van der Waals surface area contributed by atoms with Gasteiger partial charge in [-0.1, -0.05) is 47.6 Å². The summed E-state index contributed by atoms with van der Waals surface area (Å²) in [6, 6.07) is 10.4. The van der Waals surface area contributed by atoms with Crippen LogP contribution in [0.3, 0.4) is 0 Å². The van der Waals surface area contributed by atoms with E-state index in [9.17, 15) is 26.7 Å². The molecule has 0 aliphatic heterocycles. The first kappa shape index (κ1) is 30.9. The van der Waals surface area contributed by atoms with Crippen molar-refractivity contribution in [1.82, 2.24) is 14.2 Å². The number of hydrogen-bond acceptors (Lipinski definition) is 5. The van der Waals surface area contributed by atoms with E-state index in [1.54, 1.807) is 12.3 Å². The van der Waals surface area contributed by atoms with Crippen molar-refractivity contribution < 1.29 is 26.7 Å². The number of aromatic nitrogens is 3. The topological polar surface area (TPSA) is 85.1 Å². The van der Waals surface area contributed by atoms with Crippen molar-refractivity contribution in [2.24, 2.45) is 0 Å². The Balaban J connectivity index is 1.66. The van der Waals surface area contributed by atoms with E-state index in [0.717, 1.165) is 35.3 Å². The van der Waals surface area contributed by atoms with Crippen LogP contribution in [0, 0.1) is 0 Å². The zero-order valence-electron chi connectivity index (χ0n) is 24.0. The van der Waals surface area contributed by atoms with Crippen LogP contribution in [0.15, 0.2) is 72.0 Å². The molecule has 4 aromatic rings. The fourth-order valence-electron chi connectivity index (χ4n) is 6.42. The molecule has 0 bridgehead atoms. The molecule has 3 aromatic heterocycles. The van der Waals surface area contributed by atoms with Gasteiger partial charge in [-0.3, -0.25) is 4.98 Å². The van der Waals surface area contributed by atoms with Crippen molar-refractivity contribution in [3.8, 4) is 0 Å². The Bertz CT molecular complexity index is 1590. The SMILES string of the molecule is CC(C)[Si](C(C)C)(C(C)C)n1cc(C(O)c2ccc(CS(=O)(=O)c3ccc(C(F)(F)F)cc3)nc2)c2cccnc21. The molecule has 0 aliphatic rings. The maximum absolute atomic E-state index is 12.9. The standard InChI is InChI=1S/C30H36F3N3O3SSi/c1-19(2)41(20(3)4,21(5)6)36-17-27(26-8-7-15-34-29(26)36)28(37)22-9-12-24(35-16-22)18-40(38,39)25-13-10-23(11-14-25)30(31,32)33/h7-17,19-21,28,37H,18H2,1-6H3. The molecule has 1 N–H and O–H groups in total. The zero-order valence-corrected chi connectivity index (χ0v) is 25.8. The van der Waals surface area contributed by atoms with Gasteiger partial charge in [0.1, 0.15) is 11.8 Å². The molecule has 0 saturated heterocycles. The number of aliphatic hydroxyl groups is 1. The van der Waals surface area contributed by atoms with E-state index < -0.39 is 41.7 Å². The van der Waals surface area contributed by atoms with Crippen molar-refractivity contribution in [3.63, 3.8) is 0 Å². The van der Waals surface area contributed by atoms with E-state index in [0.29, 0.717) is 27.8 Å². The maximum Gasteiger partial charge on any atom is 0.416 e. The molecule has 0 radical (unpaired) electrons. The molecule has 0 saturated carbocycles. The second-order valence-corrected chi connectivity index (χ2v) is 19.2. The number of halogens is 3. The number of rotatable bonds is 9. The highest BCUT2D eigenvalue weighted by atomic mass is 32.2. The molecular formula is C30H36F3N3O3SSi. The molecule has 0 aliphatic carbocycles. The highest BCUT2D eigenvalue weighted by Crippen LogP contribution is 2.45. The molecule has 41 heavy (non-hydrogen) atoms. The number of fused-ring (bicyclic) bond motifs is 1. The average Bonchev–Trinajstić information content (AvgIpc) is 3.27. The van der Waals surface area contributed by atoms with Crippen LogP contribution in [-0.2, 0) is 21.8 Å². The highest BCUT2D eigenvalue weighted by molar-refractivity contribution is 7.90. The van der Waals surface area contributed by atoms with Crippen LogP contribution in [0.4, 0.5) is 13.2 Å². The van der Waals surface area contributed by atoms with Crippen LogP contribution in [-0.4, -0.2) is 36.0 Å². The summed E-state index contributed by atoms with van der Waals surface area (Å²) in [6.45, 7) is 13.6. The van der Waals surface area contributed by atoms with Crippen LogP contribution < -0.4 is 0 Å². The van der Waals surface area contributed by atoms with Crippen molar-refractivity contribution in [2.45, 2.75) is 81.1 Å². The molecule has 6 nitrogen and oxygen atoms in total. The Morgan fingerprint density at radius 3 is 2.02 bits per heavy atom. The second-order valence-electron chi connectivity index (χ2n) is 11.4. The lowest BCUT2D eigenvalue weighted by molar-refractivity contribution is -0.137. The normalized spacial score (nSPS) is 14.0. The highest BCUT2D eigenvalue weighted by Gasteiger charge is 2.46. The lowest BCUT2D eigenvalue weighted by Crippen LogP contribution is -2.51. The van der Waals surface area contributed by atoms with Crippen molar-refractivity contribution in [1.29, 1.82) is 0 Å². The third-order valence-electron chi connectivity index (χ3n) is 8.12. The first-order valence-corrected chi connectivity index (χ1v) is 17.4. The van der Waals surface area contributed by atoms with Gasteiger partial charge in [0, 0.05) is 35.1 Å². The maximum atomic E-state index is 12.9. The summed E-state index contributed by atoms with van der Waals surface area (Å²) in [6.07, 6.45) is -0.320. The summed E-state index contributed by atoms with van der Waals surface area (Å²) in [4.78, 5) is 8.80. The number of pyridine rings is 2. The molecule has 4 rings (SSSR count). The Morgan fingerprint density at radius 2 is 1.51 bits per heavy atom. The van der Waals surface area contributed by atoms with Gasteiger partial charge in [0.2, 0.25) is 0 Å². The minimum absolute atomic E-state index is 0.218. The lowest BCUT2D eigenvalue weighted by atomic mass is 10.0. The molecule has 1 aromatic carbocycles. The molecule has 3 heterocycles. The molecule has 220 valence electrons. The fourth-order valence-corrected chi connectivity index (χ4v) is 14.3. The van der Waals surface area contributed by atoms with E-state index in [1.165, 1.54) is 12.3 Å². The largest absolute Gasteiger partial charge is 0.416 e. The van der Waals surface area contributed by atoms with Gasteiger partial charge < -0.3 is 9.34 Å². The van der Waals surface area contributed by atoms with Gasteiger partial charge >= 0.3 is 6.18 Å². The first-order valence-electron chi connectivity index (χ1n) is 13.6. The number of benzene rings is 1. The monoisotopic (exact) mass is 603 g/mol. The van der Waals surface area contributed by atoms with Gasteiger partial charge in [0.05, 0.1) is 21.9 Å². The molecular weight excluding hydrogens is 567 g/mol. The minimum Gasteiger partial charge on any atom is -0.384 e. The molecule has 0 spiro atoms. The van der Waals surface area contributed by atoms with E-state index in [2.05, 4.69) is 50.8 Å². The van der Waals surface area contributed by atoms with Gasteiger partial charge in [-0.25, -0.2) is 13.4 Å². The first-order chi connectivity index (χ1) is 19.1. The Labute approximate surface area is 240 Å². The number of alkyl halides is 3. The van der Waals surface area contributed by atoms with Crippen LogP contribution in [0.5, 0.6) is 0 Å². The Morgan fingerprint density at radius 1 is 0.902 bits per heavy atom. The van der Waals surface area contributed by atoms with Gasteiger partial charge in [-0.2, -0.15) is 13.2 Å². The third-order valence-corrected chi connectivity index (χ3v) is 16.5. The third kappa shape index (κ3) is 5.71. The van der Waals surface area contributed by atoms with Crippen molar-refractivity contribution >= 4 is 29.1 Å². The summed E-state index contributed by atoms with van der Waals surface area (Å²) in [5.41, 5.74) is 2.59. The van der Waals surface area contributed by atoms with Crippen LogP contribution in [0.1, 0.15) is 70.0 Å². The van der Waals surface area contributed by atoms with Gasteiger partial charge in [0.25, 0.3) is 0 Å². The zero-order chi connectivity index (χ0) is 30.3. The number of hydrogen-bond donors (Lipinski definition) is 1. The fraction of sp³-hybridized carbons (Fsp3) is 0.400. The minimum atomic E-state index is -4.55. The second kappa shape index (κ2) is 11.3. The van der Waals surface area contributed by atoms with Gasteiger partial charge in [-0.15, -0.1) is 0 Å². The molecule has 11 heteroatoms. The number of sulfone groups is 1. The van der Waals surface area contributed by atoms with E-state index in [4.69, 9.17) is 4.98 Å².